The molecule has 0 saturated heterocycles. The van der Waals surface area contributed by atoms with Crippen molar-refractivity contribution >= 4 is 11.6 Å². The Bertz CT molecular complexity index is 575. The second kappa shape index (κ2) is 6.73. The number of amides is 1. The molecule has 3 rings (SSSR count). The van der Waals surface area contributed by atoms with Gasteiger partial charge >= 0.3 is 0 Å². The molecule has 0 aromatic heterocycles. The smallest absolute Gasteiger partial charge is 0.250 e. The van der Waals surface area contributed by atoms with Crippen LogP contribution in [-0.4, -0.2) is 24.7 Å². The molecule has 1 aliphatic rings. The molecular formula is C16H17NO3. The number of methoxy groups -OCH3 is 1. The maximum absolute atomic E-state index is 10.8. The normalized spacial score (nSPS) is 10.7. The first-order chi connectivity index (χ1) is 9.74. The van der Waals surface area contributed by atoms with E-state index in [-0.39, 0.29) is 0 Å². The maximum Gasteiger partial charge on any atom is 0.250 e. The Morgan fingerprint density at radius 1 is 1.15 bits per heavy atom. The molecule has 0 atom stereocenters. The Labute approximate surface area is 118 Å². The third-order valence-electron chi connectivity index (χ3n) is 2.90. The fourth-order valence-electron chi connectivity index (χ4n) is 1.77. The molecule has 0 radical (unpaired) electrons. The van der Waals surface area contributed by atoms with Gasteiger partial charge in [-0.2, -0.15) is 0 Å². The number of ether oxygens (including phenoxy) is 1. The van der Waals surface area contributed by atoms with E-state index in [1.165, 1.54) is 24.7 Å². The van der Waals surface area contributed by atoms with E-state index >= 15 is 0 Å². The van der Waals surface area contributed by atoms with Gasteiger partial charge in [-0.25, -0.2) is 0 Å². The van der Waals surface area contributed by atoms with Crippen LogP contribution in [-0.2, 0) is 11.2 Å². The molecule has 4 heteroatoms. The second-order valence-corrected chi connectivity index (χ2v) is 4.35. The van der Waals surface area contributed by atoms with Crippen LogP contribution >= 0.6 is 0 Å². The van der Waals surface area contributed by atoms with Gasteiger partial charge in [-0.15, -0.1) is 0 Å². The first kappa shape index (κ1) is 14.1. The number of aliphatic hydroxyl groups is 1. The zero-order valence-corrected chi connectivity index (χ0v) is 11.3. The second-order valence-electron chi connectivity index (χ2n) is 4.35. The van der Waals surface area contributed by atoms with E-state index in [2.05, 4.69) is 29.6 Å². The lowest BCUT2D eigenvalue weighted by atomic mass is 10.3. The van der Waals surface area contributed by atoms with Crippen molar-refractivity contribution in [1.82, 2.24) is 0 Å². The number of aliphatic hydroxyl groups excluding tert-OH is 1. The summed E-state index contributed by atoms with van der Waals surface area (Å²) in [6, 6.07) is 15.5. The lowest BCUT2D eigenvalue weighted by Crippen LogP contribution is -2.15. The molecule has 0 bridgehead atoms. The minimum Gasteiger partial charge on any atom is -0.495 e. The van der Waals surface area contributed by atoms with Gasteiger partial charge in [0.05, 0.1) is 12.8 Å². The summed E-state index contributed by atoms with van der Waals surface area (Å²) in [5.41, 5.74) is 3.62. The van der Waals surface area contributed by atoms with Crippen molar-refractivity contribution in [2.24, 2.45) is 0 Å². The summed E-state index contributed by atoms with van der Waals surface area (Å²) < 4.78 is 4.99. The van der Waals surface area contributed by atoms with Crippen molar-refractivity contribution in [2.45, 2.75) is 6.42 Å². The summed E-state index contributed by atoms with van der Waals surface area (Å²) in [5.74, 6) is 0.119. The maximum atomic E-state index is 10.8. The van der Waals surface area contributed by atoms with Gasteiger partial charge in [0.15, 0.2) is 0 Å². The van der Waals surface area contributed by atoms with E-state index in [0.29, 0.717) is 11.4 Å². The van der Waals surface area contributed by atoms with Crippen LogP contribution in [0.25, 0.3) is 0 Å². The molecule has 0 saturated carbocycles. The minimum atomic E-state index is -0.530. The van der Waals surface area contributed by atoms with Crippen molar-refractivity contribution in [3.8, 4) is 5.75 Å². The molecule has 104 valence electrons. The number of anilines is 1. The number of carbonyl (C=O) groups is 1. The van der Waals surface area contributed by atoms with Gasteiger partial charge in [0.25, 0.3) is 0 Å². The lowest BCUT2D eigenvalue weighted by Gasteiger charge is -2.07. The summed E-state index contributed by atoms with van der Waals surface area (Å²) in [4.78, 5) is 10.8. The Morgan fingerprint density at radius 2 is 1.75 bits per heavy atom. The quantitative estimate of drug-likeness (QED) is 0.768. The lowest BCUT2D eigenvalue weighted by molar-refractivity contribution is -0.118. The average molecular weight is 271 g/mol. The molecule has 2 N–H and O–H groups in total. The van der Waals surface area contributed by atoms with Crippen LogP contribution in [0, 0.1) is 0 Å². The van der Waals surface area contributed by atoms with Gasteiger partial charge in [-0.3, -0.25) is 4.79 Å². The zero-order chi connectivity index (χ0) is 14.4. The molecular weight excluding hydrogens is 254 g/mol. The summed E-state index contributed by atoms with van der Waals surface area (Å²) in [5, 5.41) is 11.0. The number of hydrogen-bond acceptors (Lipinski definition) is 3. The highest BCUT2D eigenvalue weighted by Crippen LogP contribution is 2.25. The topological polar surface area (TPSA) is 58.6 Å². The molecule has 0 spiro atoms. The third kappa shape index (κ3) is 3.83. The SMILES string of the molecule is COc1ccccc1NC(=O)CO.c1ccc2c(c1)C2. The van der Waals surface area contributed by atoms with Gasteiger partial charge in [-0.05, 0) is 29.7 Å². The summed E-state index contributed by atoms with van der Waals surface area (Å²) >= 11 is 0. The molecule has 20 heavy (non-hydrogen) atoms. The highest BCUT2D eigenvalue weighted by Gasteiger charge is 2.12. The van der Waals surface area contributed by atoms with E-state index in [1.807, 2.05) is 0 Å². The number of rotatable bonds is 3. The molecule has 0 unspecified atom stereocenters. The van der Waals surface area contributed by atoms with E-state index in [0.717, 1.165) is 0 Å². The zero-order valence-electron chi connectivity index (χ0n) is 11.3. The van der Waals surface area contributed by atoms with E-state index < -0.39 is 12.5 Å². The predicted molar refractivity (Wildman–Crippen MR) is 78.0 cm³/mol. The van der Waals surface area contributed by atoms with Crippen LogP contribution in [0.3, 0.4) is 0 Å². The van der Waals surface area contributed by atoms with Crippen LogP contribution < -0.4 is 10.1 Å². The summed E-state index contributed by atoms with van der Waals surface area (Å²) in [6.45, 7) is -0.530. The first-order valence-electron chi connectivity index (χ1n) is 6.35. The number of nitrogens with one attached hydrogen (secondary N) is 1. The van der Waals surface area contributed by atoms with Gasteiger partial charge in [0.1, 0.15) is 12.4 Å². The highest BCUT2D eigenvalue weighted by molar-refractivity contribution is 5.92. The van der Waals surface area contributed by atoms with Gasteiger partial charge < -0.3 is 15.2 Å². The van der Waals surface area contributed by atoms with Crippen LogP contribution in [0.15, 0.2) is 48.5 Å². The number of benzene rings is 2. The van der Waals surface area contributed by atoms with Crippen molar-refractivity contribution in [2.75, 3.05) is 19.0 Å². The monoisotopic (exact) mass is 271 g/mol. The van der Waals surface area contributed by atoms with E-state index in [1.54, 1.807) is 24.3 Å². The standard InChI is InChI=1S/C9H11NO3.C7H6/c1-13-8-5-3-2-4-7(8)10-9(12)6-11;1-2-4-7-5-6(7)3-1/h2-5,11H,6H2,1H3,(H,10,12);1-4H,5H2. The molecule has 0 aliphatic heterocycles. The summed E-state index contributed by atoms with van der Waals surface area (Å²) in [6.07, 6.45) is 1.24. The average Bonchev–Trinajstić information content (AvgIpc) is 3.27. The van der Waals surface area contributed by atoms with Crippen molar-refractivity contribution in [3.05, 3.63) is 59.7 Å². The van der Waals surface area contributed by atoms with Crippen LogP contribution in [0.2, 0.25) is 0 Å². The van der Waals surface area contributed by atoms with Crippen LogP contribution in [0.4, 0.5) is 5.69 Å². The Hall–Kier alpha value is -2.33. The van der Waals surface area contributed by atoms with Crippen molar-refractivity contribution < 1.29 is 14.6 Å². The van der Waals surface area contributed by atoms with Gasteiger partial charge in [-0.1, -0.05) is 36.4 Å². The number of para-hydroxylation sites is 2. The highest BCUT2D eigenvalue weighted by atomic mass is 16.5. The molecule has 0 fully saturated rings. The minimum absolute atomic E-state index is 0.454. The molecule has 2 aromatic carbocycles. The number of fused-ring (bicyclic) bond motifs is 1. The first-order valence-corrected chi connectivity index (χ1v) is 6.35. The van der Waals surface area contributed by atoms with Crippen LogP contribution in [0.1, 0.15) is 11.1 Å². The van der Waals surface area contributed by atoms with Gasteiger partial charge in [0.2, 0.25) is 5.91 Å². The molecule has 0 heterocycles. The molecule has 2 aromatic rings. The summed E-state index contributed by atoms with van der Waals surface area (Å²) in [7, 11) is 1.52. The third-order valence-corrected chi connectivity index (χ3v) is 2.90. The van der Waals surface area contributed by atoms with Crippen molar-refractivity contribution in [1.29, 1.82) is 0 Å². The number of carbonyl (C=O) groups excluding carboxylic acids is 1. The molecule has 1 amide bonds. The fraction of sp³-hybridized carbons (Fsp3) is 0.188. The van der Waals surface area contributed by atoms with E-state index in [9.17, 15) is 4.79 Å². The van der Waals surface area contributed by atoms with Crippen LogP contribution in [0.5, 0.6) is 5.75 Å². The van der Waals surface area contributed by atoms with Gasteiger partial charge in [0, 0.05) is 0 Å². The van der Waals surface area contributed by atoms with Crippen molar-refractivity contribution in [3.63, 3.8) is 0 Å². The Kier molecular flexibility index (Phi) is 4.74. The predicted octanol–water partition coefficient (Wildman–Crippen LogP) is 2.22. The Morgan fingerprint density at radius 3 is 2.30 bits per heavy atom. The Balaban J connectivity index is 0.000000173. The van der Waals surface area contributed by atoms with E-state index in [4.69, 9.17) is 9.84 Å². The molecule has 1 aliphatic carbocycles. The largest absolute Gasteiger partial charge is 0.495 e. The molecule has 4 nitrogen and oxygen atoms in total. The number of hydrogen-bond donors (Lipinski definition) is 2. The fourth-order valence-corrected chi connectivity index (χ4v) is 1.77.